The first-order valence-corrected chi connectivity index (χ1v) is 16.5. The zero-order valence-corrected chi connectivity index (χ0v) is 25.0. The summed E-state index contributed by atoms with van der Waals surface area (Å²) < 4.78 is 5.93. The van der Waals surface area contributed by atoms with Crippen LogP contribution in [0, 0.1) is 0 Å². The molecule has 0 saturated heterocycles. The molecule has 0 aliphatic rings. The zero-order valence-electron chi connectivity index (χ0n) is 25.0. The number of esters is 1. The van der Waals surface area contributed by atoms with E-state index < -0.39 is 5.97 Å². The number of carbonyl (C=O) groups excluding carboxylic acids is 1. The van der Waals surface area contributed by atoms with Gasteiger partial charge < -0.3 is 9.84 Å². The molecule has 0 bridgehead atoms. The van der Waals surface area contributed by atoms with Crippen LogP contribution in [0.25, 0.3) is 0 Å². The van der Waals surface area contributed by atoms with Crippen molar-refractivity contribution in [1.29, 1.82) is 0 Å². The van der Waals surface area contributed by atoms with Crippen LogP contribution >= 0.6 is 0 Å². The monoisotopic (exact) mass is 524 g/mol. The van der Waals surface area contributed by atoms with Crippen LogP contribution in [0.3, 0.4) is 0 Å². The molecule has 0 heterocycles. The van der Waals surface area contributed by atoms with Gasteiger partial charge in [0.25, 0.3) is 0 Å². The van der Waals surface area contributed by atoms with E-state index in [4.69, 9.17) is 9.84 Å². The first kappa shape index (κ1) is 35.9. The third-order valence-electron chi connectivity index (χ3n) is 7.58. The molecule has 4 heteroatoms. The second-order valence-electron chi connectivity index (χ2n) is 11.4. The minimum atomic E-state index is -0.699. The van der Waals surface area contributed by atoms with Crippen LogP contribution in [-0.4, -0.2) is 23.1 Å². The molecular weight excluding hydrogens is 460 g/mol. The van der Waals surface area contributed by atoms with Crippen LogP contribution in [0.4, 0.5) is 0 Å². The van der Waals surface area contributed by atoms with Crippen molar-refractivity contribution in [1.82, 2.24) is 0 Å². The van der Waals surface area contributed by atoms with Gasteiger partial charge in [0.15, 0.2) is 0 Å². The van der Waals surface area contributed by atoms with Gasteiger partial charge in [-0.2, -0.15) is 0 Å². The lowest BCUT2D eigenvalue weighted by Crippen LogP contribution is -2.18. The lowest BCUT2D eigenvalue weighted by molar-refractivity contribution is -0.150. The first-order chi connectivity index (χ1) is 18.1. The molecule has 0 saturated carbocycles. The number of aliphatic carboxylic acids is 1. The largest absolute Gasteiger partial charge is 0.481 e. The highest BCUT2D eigenvalue weighted by Gasteiger charge is 2.14. The molecule has 0 rings (SSSR count). The summed E-state index contributed by atoms with van der Waals surface area (Å²) >= 11 is 0. The maximum absolute atomic E-state index is 12.4. The van der Waals surface area contributed by atoms with Gasteiger partial charge in [0, 0.05) is 12.8 Å². The zero-order chi connectivity index (χ0) is 27.2. The lowest BCUT2D eigenvalue weighted by Gasteiger charge is -2.18. The van der Waals surface area contributed by atoms with Crippen molar-refractivity contribution in [2.24, 2.45) is 0 Å². The Balaban J connectivity index is 3.99. The molecule has 0 aromatic carbocycles. The first-order valence-electron chi connectivity index (χ1n) is 16.5. The Kier molecular flexibility index (Phi) is 28.7. The van der Waals surface area contributed by atoms with Gasteiger partial charge in [0.2, 0.25) is 0 Å². The SMILES string of the molecule is CCCCCCCCCCCCCCCC(CCCCCCCC(=O)O)OC(=O)CCCCCCCC. The second-order valence-corrected chi connectivity index (χ2v) is 11.4. The Morgan fingerprint density at radius 3 is 1.19 bits per heavy atom. The molecule has 0 amide bonds. The average Bonchev–Trinajstić information content (AvgIpc) is 2.87. The minimum absolute atomic E-state index is 0.00311. The van der Waals surface area contributed by atoms with Gasteiger partial charge >= 0.3 is 11.9 Å². The van der Waals surface area contributed by atoms with Crippen molar-refractivity contribution in [3.63, 3.8) is 0 Å². The molecule has 220 valence electrons. The summed E-state index contributed by atoms with van der Waals surface area (Å²) in [5, 5.41) is 8.76. The van der Waals surface area contributed by atoms with Crippen LogP contribution in [0.1, 0.15) is 194 Å². The highest BCUT2D eigenvalue weighted by Crippen LogP contribution is 2.19. The van der Waals surface area contributed by atoms with E-state index in [-0.39, 0.29) is 18.5 Å². The predicted molar refractivity (Wildman–Crippen MR) is 158 cm³/mol. The second kappa shape index (κ2) is 29.5. The predicted octanol–water partition coefficient (Wildman–Crippen LogP) is 10.9. The fourth-order valence-corrected chi connectivity index (χ4v) is 5.13. The smallest absolute Gasteiger partial charge is 0.306 e. The minimum Gasteiger partial charge on any atom is -0.481 e. The standard InChI is InChI=1S/C33H64O4/c1-3-5-7-9-11-12-13-14-15-16-17-19-23-27-31(28-24-20-18-21-25-29-32(34)35)37-33(36)30-26-22-10-8-6-4-2/h31H,3-30H2,1-2H3,(H,34,35). The summed E-state index contributed by atoms with van der Waals surface area (Å²) in [6.07, 6.45) is 32.6. The topological polar surface area (TPSA) is 63.6 Å². The van der Waals surface area contributed by atoms with Crippen LogP contribution in [0.5, 0.6) is 0 Å². The Bertz CT molecular complexity index is 491. The molecule has 0 aliphatic carbocycles. The van der Waals surface area contributed by atoms with E-state index >= 15 is 0 Å². The van der Waals surface area contributed by atoms with Gasteiger partial charge in [0.05, 0.1) is 0 Å². The Labute approximate surface area is 231 Å². The third kappa shape index (κ3) is 29.4. The number of unbranched alkanes of at least 4 members (excludes halogenated alkanes) is 21. The number of carboxylic acid groups (broad SMARTS) is 1. The molecule has 0 aliphatic heterocycles. The molecule has 4 nitrogen and oxygen atoms in total. The number of hydrogen-bond donors (Lipinski definition) is 1. The fourth-order valence-electron chi connectivity index (χ4n) is 5.13. The van der Waals surface area contributed by atoms with Gasteiger partial charge in [-0.05, 0) is 38.5 Å². The Hall–Kier alpha value is -1.06. The molecule has 1 N–H and O–H groups in total. The van der Waals surface area contributed by atoms with E-state index in [9.17, 15) is 9.59 Å². The summed E-state index contributed by atoms with van der Waals surface area (Å²) in [4.78, 5) is 23.1. The van der Waals surface area contributed by atoms with E-state index in [0.717, 1.165) is 64.2 Å². The van der Waals surface area contributed by atoms with E-state index in [2.05, 4.69) is 13.8 Å². The summed E-state index contributed by atoms with van der Waals surface area (Å²) in [5.74, 6) is -0.702. The quantitative estimate of drug-likeness (QED) is 0.0749. The highest BCUT2D eigenvalue weighted by molar-refractivity contribution is 5.69. The maximum Gasteiger partial charge on any atom is 0.306 e. The summed E-state index contributed by atoms with van der Waals surface area (Å²) in [7, 11) is 0. The van der Waals surface area contributed by atoms with Gasteiger partial charge in [-0.1, -0.05) is 142 Å². The van der Waals surface area contributed by atoms with Crippen molar-refractivity contribution >= 4 is 11.9 Å². The Morgan fingerprint density at radius 1 is 0.486 bits per heavy atom. The molecule has 1 unspecified atom stereocenters. The molecule has 37 heavy (non-hydrogen) atoms. The maximum atomic E-state index is 12.4. The molecule has 0 radical (unpaired) electrons. The third-order valence-corrected chi connectivity index (χ3v) is 7.58. The number of carboxylic acids is 1. The van der Waals surface area contributed by atoms with E-state index in [1.54, 1.807) is 0 Å². The van der Waals surface area contributed by atoms with Gasteiger partial charge in [-0.25, -0.2) is 0 Å². The van der Waals surface area contributed by atoms with Crippen LogP contribution in [0.2, 0.25) is 0 Å². The fraction of sp³-hybridized carbons (Fsp3) is 0.939. The van der Waals surface area contributed by atoms with Crippen molar-refractivity contribution in [3.8, 4) is 0 Å². The van der Waals surface area contributed by atoms with Gasteiger partial charge in [0.1, 0.15) is 6.10 Å². The number of carbonyl (C=O) groups is 2. The number of ether oxygens (including phenoxy) is 1. The van der Waals surface area contributed by atoms with Crippen molar-refractivity contribution in [3.05, 3.63) is 0 Å². The highest BCUT2D eigenvalue weighted by atomic mass is 16.5. The molecule has 0 aromatic rings. The van der Waals surface area contributed by atoms with Crippen LogP contribution in [-0.2, 0) is 14.3 Å². The van der Waals surface area contributed by atoms with Gasteiger partial charge in [-0.15, -0.1) is 0 Å². The van der Waals surface area contributed by atoms with E-state index in [1.165, 1.54) is 103 Å². The van der Waals surface area contributed by atoms with Crippen molar-refractivity contribution < 1.29 is 19.4 Å². The molecule has 0 spiro atoms. The summed E-state index contributed by atoms with van der Waals surface area (Å²) in [6.45, 7) is 4.50. The number of rotatable bonds is 30. The van der Waals surface area contributed by atoms with E-state index in [1.807, 2.05) is 0 Å². The molecule has 0 aromatic heterocycles. The summed E-state index contributed by atoms with van der Waals surface area (Å²) in [6, 6.07) is 0. The van der Waals surface area contributed by atoms with Crippen LogP contribution < -0.4 is 0 Å². The van der Waals surface area contributed by atoms with Crippen LogP contribution in [0.15, 0.2) is 0 Å². The molecule has 1 atom stereocenters. The molecule has 0 fully saturated rings. The Morgan fingerprint density at radius 2 is 0.811 bits per heavy atom. The number of hydrogen-bond acceptors (Lipinski definition) is 3. The van der Waals surface area contributed by atoms with Gasteiger partial charge in [-0.3, -0.25) is 9.59 Å². The summed E-state index contributed by atoms with van der Waals surface area (Å²) in [5.41, 5.74) is 0. The van der Waals surface area contributed by atoms with E-state index in [0.29, 0.717) is 6.42 Å². The lowest BCUT2D eigenvalue weighted by atomic mass is 10.0. The molecular formula is C33H64O4. The van der Waals surface area contributed by atoms with Crippen molar-refractivity contribution in [2.45, 2.75) is 200 Å². The normalized spacial score (nSPS) is 12.1. The average molecular weight is 525 g/mol. The van der Waals surface area contributed by atoms with Crippen molar-refractivity contribution in [2.75, 3.05) is 0 Å².